The summed E-state index contributed by atoms with van der Waals surface area (Å²) in [6, 6.07) is 8.02. The maximum absolute atomic E-state index is 5.56. The van der Waals surface area contributed by atoms with Crippen LogP contribution >= 0.6 is 11.8 Å². The average molecular weight is 232 g/mol. The Kier molecular flexibility index (Phi) is 3.26. The van der Waals surface area contributed by atoms with E-state index in [-0.39, 0.29) is 0 Å². The zero-order chi connectivity index (χ0) is 11.4. The Morgan fingerprint density at radius 1 is 1.25 bits per heavy atom. The van der Waals surface area contributed by atoms with E-state index in [1.807, 2.05) is 30.5 Å². The molecular formula is C11H12N4S. The maximum atomic E-state index is 5.56. The molecule has 0 radical (unpaired) electrons. The quantitative estimate of drug-likeness (QED) is 0.796. The monoisotopic (exact) mass is 232 g/mol. The second kappa shape index (κ2) is 4.85. The molecule has 1 aromatic heterocycles. The summed E-state index contributed by atoms with van der Waals surface area (Å²) in [5.41, 5.74) is 6.57. The highest BCUT2D eigenvalue weighted by molar-refractivity contribution is 7.98. The van der Waals surface area contributed by atoms with Gasteiger partial charge >= 0.3 is 0 Å². The lowest BCUT2D eigenvalue weighted by Crippen LogP contribution is -1.98. The fourth-order valence-corrected chi connectivity index (χ4v) is 1.88. The van der Waals surface area contributed by atoms with Crippen molar-refractivity contribution < 1.29 is 0 Å². The highest BCUT2D eigenvalue weighted by atomic mass is 32.2. The van der Waals surface area contributed by atoms with Crippen LogP contribution in [0.4, 0.5) is 17.3 Å². The number of hydrogen-bond acceptors (Lipinski definition) is 5. The molecule has 5 heteroatoms. The number of thioether (sulfide) groups is 1. The van der Waals surface area contributed by atoms with Crippen molar-refractivity contribution in [2.75, 3.05) is 17.3 Å². The van der Waals surface area contributed by atoms with E-state index < -0.39 is 0 Å². The number of nitrogens with two attached hydrogens (primary N) is 1. The van der Waals surface area contributed by atoms with E-state index in [0.29, 0.717) is 11.6 Å². The number of aromatic nitrogens is 2. The van der Waals surface area contributed by atoms with Gasteiger partial charge in [-0.2, -0.15) is 0 Å². The summed E-state index contributed by atoms with van der Waals surface area (Å²) in [7, 11) is 0. The second-order valence-electron chi connectivity index (χ2n) is 3.15. The van der Waals surface area contributed by atoms with Gasteiger partial charge in [-0.1, -0.05) is 12.1 Å². The van der Waals surface area contributed by atoms with Crippen LogP contribution in [0, 0.1) is 0 Å². The number of hydrogen-bond donors (Lipinski definition) is 2. The van der Waals surface area contributed by atoms with Crippen molar-refractivity contribution in [3.05, 3.63) is 36.7 Å². The topological polar surface area (TPSA) is 63.8 Å². The number of nitrogens with zero attached hydrogens (tertiary/aromatic N) is 2. The third-order valence-electron chi connectivity index (χ3n) is 2.02. The molecule has 0 unspecified atom stereocenters. The number of para-hydroxylation sites is 1. The van der Waals surface area contributed by atoms with Gasteiger partial charge in [-0.3, -0.25) is 4.98 Å². The molecule has 3 N–H and O–H groups in total. The van der Waals surface area contributed by atoms with Gasteiger partial charge in [-0.15, -0.1) is 11.8 Å². The van der Waals surface area contributed by atoms with Crippen LogP contribution in [0.15, 0.2) is 41.6 Å². The molecule has 0 spiro atoms. The second-order valence-corrected chi connectivity index (χ2v) is 4.00. The zero-order valence-electron chi connectivity index (χ0n) is 8.84. The van der Waals surface area contributed by atoms with Gasteiger partial charge in [0.05, 0.1) is 18.1 Å². The average Bonchev–Trinajstić information content (AvgIpc) is 2.30. The molecule has 1 heterocycles. The van der Waals surface area contributed by atoms with E-state index in [0.717, 1.165) is 10.6 Å². The molecule has 4 nitrogen and oxygen atoms in total. The van der Waals surface area contributed by atoms with Gasteiger partial charge in [-0.05, 0) is 18.4 Å². The van der Waals surface area contributed by atoms with E-state index in [4.69, 9.17) is 5.73 Å². The molecule has 0 bridgehead atoms. The summed E-state index contributed by atoms with van der Waals surface area (Å²) >= 11 is 1.68. The minimum atomic E-state index is 0.409. The van der Waals surface area contributed by atoms with Crippen molar-refractivity contribution in [1.82, 2.24) is 9.97 Å². The van der Waals surface area contributed by atoms with Crippen LogP contribution < -0.4 is 11.1 Å². The Bertz CT molecular complexity index is 487. The van der Waals surface area contributed by atoms with Crippen molar-refractivity contribution in [2.24, 2.45) is 0 Å². The molecule has 2 rings (SSSR count). The lowest BCUT2D eigenvalue weighted by molar-refractivity contribution is 1.20. The van der Waals surface area contributed by atoms with E-state index >= 15 is 0 Å². The number of benzene rings is 1. The van der Waals surface area contributed by atoms with Crippen molar-refractivity contribution in [1.29, 1.82) is 0 Å². The fraction of sp³-hybridized carbons (Fsp3) is 0.0909. The highest BCUT2D eigenvalue weighted by Gasteiger charge is 2.01. The largest absolute Gasteiger partial charge is 0.382 e. The Morgan fingerprint density at radius 2 is 2.06 bits per heavy atom. The Labute approximate surface area is 98.3 Å². The Morgan fingerprint density at radius 3 is 2.81 bits per heavy atom. The molecule has 0 saturated heterocycles. The van der Waals surface area contributed by atoms with E-state index in [9.17, 15) is 0 Å². The van der Waals surface area contributed by atoms with E-state index in [1.165, 1.54) is 6.20 Å². The number of nitrogen functional groups attached to an aromatic ring is 1. The standard InChI is InChI=1S/C11H12N4S/c1-16-9-5-3-2-4-8(9)14-11-7-13-6-10(12)15-11/h2-7H,1H3,(H3,12,14,15). The third kappa shape index (κ3) is 2.43. The van der Waals surface area contributed by atoms with Crippen LogP contribution in [0.2, 0.25) is 0 Å². The molecule has 0 amide bonds. The minimum absolute atomic E-state index is 0.409. The molecule has 0 saturated carbocycles. The molecule has 2 aromatic rings. The summed E-state index contributed by atoms with van der Waals surface area (Å²) in [6.07, 6.45) is 5.20. The molecule has 1 aromatic carbocycles. The van der Waals surface area contributed by atoms with Crippen LogP contribution in [0.3, 0.4) is 0 Å². The predicted molar refractivity (Wildman–Crippen MR) is 68.0 cm³/mol. The van der Waals surface area contributed by atoms with Crippen molar-refractivity contribution in [2.45, 2.75) is 4.90 Å². The maximum Gasteiger partial charge on any atom is 0.151 e. The van der Waals surface area contributed by atoms with Gasteiger partial charge in [0.25, 0.3) is 0 Å². The molecule has 0 fully saturated rings. The van der Waals surface area contributed by atoms with Gasteiger partial charge in [0.15, 0.2) is 5.82 Å². The molecule has 0 aliphatic heterocycles. The van der Waals surface area contributed by atoms with Gasteiger partial charge in [-0.25, -0.2) is 4.98 Å². The first-order valence-corrected chi connectivity index (χ1v) is 5.99. The highest BCUT2D eigenvalue weighted by Crippen LogP contribution is 2.26. The molecule has 0 aliphatic rings. The fourth-order valence-electron chi connectivity index (χ4n) is 1.33. The van der Waals surface area contributed by atoms with Crippen molar-refractivity contribution >= 4 is 29.1 Å². The molecule has 0 aliphatic carbocycles. The minimum Gasteiger partial charge on any atom is -0.382 e. The van der Waals surface area contributed by atoms with E-state index in [2.05, 4.69) is 15.3 Å². The van der Waals surface area contributed by atoms with Crippen LogP contribution in [0.5, 0.6) is 0 Å². The predicted octanol–water partition coefficient (Wildman–Crippen LogP) is 2.52. The third-order valence-corrected chi connectivity index (χ3v) is 2.82. The van der Waals surface area contributed by atoms with Gasteiger partial charge in [0.1, 0.15) is 5.82 Å². The van der Waals surface area contributed by atoms with Crippen molar-refractivity contribution in [3.63, 3.8) is 0 Å². The summed E-state index contributed by atoms with van der Waals surface area (Å²) in [5, 5.41) is 3.19. The summed E-state index contributed by atoms with van der Waals surface area (Å²) in [4.78, 5) is 9.28. The van der Waals surface area contributed by atoms with Crippen LogP contribution in [0.25, 0.3) is 0 Å². The first-order valence-electron chi connectivity index (χ1n) is 4.77. The summed E-state index contributed by atoms with van der Waals surface area (Å²) < 4.78 is 0. The smallest absolute Gasteiger partial charge is 0.151 e. The molecule has 0 atom stereocenters. The van der Waals surface area contributed by atoms with Crippen LogP contribution in [0.1, 0.15) is 0 Å². The van der Waals surface area contributed by atoms with Gasteiger partial charge < -0.3 is 11.1 Å². The Balaban J connectivity index is 2.26. The lowest BCUT2D eigenvalue weighted by Gasteiger charge is -2.09. The Hall–Kier alpha value is -1.75. The first-order chi connectivity index (χ1) is 7.79. The molecule has 82 valence electrons. The normalized spacial score (nSPS) is 10.1. The molecule has 16 heavy (non-hydrogen) atoms. The van der Waals surface area contributed by atoms with Gasteiger partial charge in [0, 0.05) is 4.90 Å². The van der Waals surface area contributed by atoms with Crippen LogP contribution in [-0.4, -0.2) is 16.2 Å². The lowest BCUT2D eigenvalue weighted by atomic mass is 10.3. The van der Waals surface area contributed by atoms with Crippen molar-refractivity contribution in [3.8, 4) is 0 Å². The zero-order valence-corrected chi connectivity index (χ0v) is 9.66. The number of nitrogens with one attached hydrogen (secondary N) is 1. The van der Waals surface area contributed by atoms with Gasteiger partial charge in [0.2, 0.25) is 0 Å². The summed E-state index contributed by atoms with van der Waals surface area (Å²) in [5.74, 6) is 1.06. The van der Waals surface area contributed by atoms with Crippen LogP contribution in [-0.2, 0) is 0 Å². The molecular weight excluding hydrogens is 220 g/mol. The number of anilines is 3. The first kappa shape index (κ1) is 10.8. The summed E-state index contributed by atoms with van der Waals surface area (Å²) in [6.45, 7) is 0. The SMILES string of the molecule is CSc1ccccc1Nc1cncc(N)n1. The number of rotatable bonds is 3. The van der Waals surface area contributed by atoms with E-state index in [1.54, 1.807) is 18.0 Å².